The fraction of sp³-hybridized carbons (Fsp3) is 0.429. The van der Waals surface area contributed by atoms with Crippen LogP contribution in [0.1, 0.15) is 23.7 Å². The fourth-order valence-corrected chi connectivity index (χ4v) is 2.43. The Kier molecular flexibility index (Phi) is 3.36. The summed E-state index contributed by atoms with van der Waals surface area (Å²) in [5.74, 6) is 0.0921. The molecule has 1 aromatic carbocycles. The number of hydrogen-bond acceptors (Lipinski definition) is 3. The van der Waals surface area contributed by atoms with E-state index in [1.807, 2.05) is 19.1 Å². The van der Waals surface area contributed by atoms with Gasteiger partial charge in [-0.2, -0.15) is 0 Å². The minimum absolute atomic E-state index is 0.0921. The molecular weight excluding hydrogens is 228 g/mol. The number of nitrogens with one attached hydrogen (secondary N) is 1. The monoisotopic (exact) mass is 246 g/mol. The van der Waals surface area contributed by atoms with E-state index in [2.05, 4.69) is 10.2 Å². The van der Waals surface area contributed by atoms with E-state index in [4.69, 9.17) is 0 Å². The highest BCUT2D eigenvalue weighted by Crippen LogP contribution is 2.33. The second kappa shape index (κ2) is 4.80. The number of hydrogen-bond donors (Lipinski definition) is 1. The van der Waals surface area contributed by atoms with Crippen LogP contribution in [0.25, 0.3) is 0 Å². The number of anilines is 1. The lowest BCUT2D eigenvalue weighted by molar-refractivity contribution is -0.128. The van der Waals surface area contributed by atoms with E-state index in [0.717, 1.165) is 24.9 Å². The molecule has 1 unspecified atom stereocenters. The van der Waals surface area contributed by atoms with Gasteiger partial charge in [0.25, 0.3) is 0 Å². The average molecular weight is 246 g/mol. The van der Waals surface area contributed by atoms with Crippen LogP contribution in [-0.4, -0.2) is 32.3 Å². The molecule has 1 heterocycles. The highest BCUT2D eigenvalue weighted by atomic mass is 16.2. The van der Waals surface area contributed by atoms with Gasteiger partial charge in [-0.3, -0.25) is 9.59 Å². The zero-order valence-electron chi connectivity index (χ0n) is 10.8. The molecule has 0 radical (unpaired) electrons. The molecule has 1 amide bonds. The standard InChI is InChI=1S/C14H18N2O2/c1-14(13(18)15-2)7-8-16(10-14)12-5-3-11(9-17)4-6-12/h3-6,9H,7-8,10H2,1-2H3,(H,15,18). The van der Waals surface area contributed by atoms with Crippen molar-refractivity contribution in [3.05, 3.63) is 29.8 Å². The third-order valence-electron chi connectivity index (χ3n) is 3.64. The Bertz CT molecular complexity index is 455. The van der Waals surface area contributed by atoms with Crippen molar-refractivity contribution in [2.45, 2.75) is 13.3 Å². The summed E-state index contributed by atoms with van der Waals surface area (Å²) in [5.41, 5.74) is 1.41. The van der Waals surface area contributed by atoms with Crippen molar-refractivity contribution in [3.8, 4) is 0 Å². The molecule has 4 heteroatoms. The summed E-state index contributed by atoms with van der Waals surface area (Å²) in [6, 6.07) is 7.47. The lowest BCUT2D eigenvalue weighted by Crippen LogP contribution is -2.39. The maximum atomic E-state index is 11.8. The van der Waals surface area contributed by atoms with Crippen molar-refractivity contribution in [2.75, 3.05) is 25.0 Å². The number of rotatable bonds is 3. The molecule has 0 aliphatic carbocycles. The normalized spacial score (nSPS) is 22.9. The summed E-state index contributed by atoms with van der Waals surface area (Å²) < 4.78 is 0. The van der Waals surface area contributed by atoms with Gasteiger partial charge in [-0.15, -0.1) is 0 Å². The zero-order chi connectivity index (χ0) is 13.2. The molecule has 1 aliphatic rings. The Labute approximate surface area is 107 Å². The van der Waals surface area contributed by atoms with E-state index in [9.17, 15) is 9.59 Å². The van der Waals surface area contributed by atoms with Crippen molar-refractivity contribution in [1.29, 1.82) is 0 Å². The van der Waals surface area contributed by atoms with Crippen molar-refractivity contribution >= 4 is 17.9 Å². The Morgan fingerprint density at radius 3 is 2.61 bits per heavy atom. The number of carbonyl (C=O) groups is 2. The van der Waals surface area contributed by atoms with E-state index >= 15 is 0 Å². The van der Waals surface area contributed by atoms with Crippen LogP contribution in [-0.2, 0) is 4.79 Å². The second-order valence-corrected chi connectivity index (χ2v) is 5.02. The number of nitrogens with zero attached hydrogens (tertiary/aromatic N) is 1. The van der Waals surface area contributed by atoms with Crippen molar-refractivity contribution in [3.63, 3.8) is 0 Å². The Balaban J connectivity index is 2.12. The molecule has 1 fully saturated rings. The van der Waals surface area contributed by atoms with E-state index in [1.54, 1.807) is 19.2 Å². The summed E-state index contributed by atoms with van der Waals surface area (Å²) in [4.78, 5) is 24.6. The van der Waals surface area contributed by atoms with Gasteiger partial charge in [0.2, 0.25) is 5.91 Å². The fourth-order valence-electron chi connectivity index (χ4n) is 2.43. The second-order valence-electron chi connectivity index (χ2n) is 5.02. The summed E-state index contributed by atoms with van der Waals surface area (Å²) >= 11 is 0. The molecule has 18 heavy (non-hydrogen) atoms. The predicted octanol–water partition coefficient (Wildman–Crippen LogP) is 1.46. The van der Waals surface area contributed by atoms with E-state index in [1.165, 1.54) is 0 Å². The zero-order valence-corrected chi connectivity index (χ0v) is 10.8. The molecule has 1 saturated heterocycles. The van der Waals surface area contributed by atoms with Gasteiger partial charge in [-0.25, -0.2) is 0 Å². The van der Waals surface area contributed by atoms with Crippen LogP contribution in [0.2, 0.25) is 0 Å². The molecule has 1 aliphatic heterocycles. The molecule has 96 valence electrons. The van der Waals surface area contributed by atoms with Gasteiger partial charge in [-0.05, 0) is 37.6 Å². The number of benzene rings is 1. The predicted molar refractivity (Wildman–Crippen MR) is 70.8 cm³/mol. The topological polar surface area (TPSA) is 49.4 Å². The number of amides is 1. The minimum Gasteiger partial charge on any atom is -0.370 e. The van der Waals surface area contributed by atoms with E-state index < -0.39 is 0 Å². The average Bonchev–Trinajstić information content (AvgIpc) is 2.82. The molecule has 1 atom stereocenters. The quantitative estimate of drug-likeness (QED) is 0.821. The Hall–Kier alpha value is -1.84. The summed E-state index contributed by atoms with van der Waals surface area (Å²) in [7, 11) is 1.68. The van der Waals surface area contributed by atoms with Gasteiger partial charge in [0.15, 0.2) is 0 Å². The van der Waals surface area contributed by atoms with Crippen molar-refractivity contribution in [2.24, 2.45) is 5.41 Å². The molecule has 1 aromatic rings. The maximum Gasteiger partial charge on any atom is 0.227 e. The Morgan fingerprint density at radius 2 is 2.06 bits per heavy atom. The van der Waals surface area contributed by atoms with Crippen LogP contribution in [0.4, 0.5) is 5.69 Å². The first kappa shape index (κ1) is 12.6. The van der Waals surface area contributed by atoms with Gasteiger partial charge in [0, 0.05) is 31.4 Å². The third-order valence-corrected chi connectivity index (χ3v) is 3.64. The smallest absolute Gasteiger partial charge is 0.227 e. The molecule has 1 N–H and O–H groups in total. The van der Waals surface area contributed by atoms with Gasteiger partial charge in [0.1, 0.15) is 6.29 Å². The lowest BCUT2D eigenvalue weighted by Gasteiger charge is -2.23. The minimum atomic E-state index is -0.321. The van der Waals surface area contributed by atoms with Crippen molar-refractivity contribution in [1.82, 2.24) is 5.32 Å². The molecule has 0 aromatic heterocycles. The largest absolute Gasteiger partial charge is 0.370 e. The number of aldehydes is 1. The number of carbonyl (C=O) groups excluding carboxylic acids is 2. The van der Waals surface area contributed by atoms with Gasteiger partial charge in [0.05, 0.1) is 5.41 Å². The Morgan fingerprint density at radius 1 is 1.39 bits per heavy atom. The van der Waals surface area contributed by atoms with Gasteiger partial charge in [-0.1, -0.05) is 0 Å². The molecular formula is C14H18N2O2. The van der Waals surface area contributed by atoms with Crippen LogP contribution in [0, 0.1) is 5.41 Å². The van der Waals surface area contributed by atoms with Crippen LogP contribution in [0.3, 0.4) is 0 Å². The summed E-state index contributed by atoms with van der Waals surface area (Å²) in [5, 5.41) is 2.73. The molecule has 4 nitrogen and oxygen atoms in total. The molecule has 0 saturated carbocycles. The SMILES string of the molecule is CNC(=O)C1(C)CCN(c2ccc(C=O)cc2)C1. The molecule has 2 rings (SSSR count). The van der Waals surface area contributed by atoms with E-state index in [0.29, 0.717) is 12.1 Å². The van der Waals surface area contributed by atoms with Crippen LogP contribution in [0.5, 0.6) is 0 Å². The first-order chi connectivity index (χ1) is 8.59. The van der Waals surface area contributed by atoms with E-state index in [-0.39, 0.29) is 11.3 Å². The van der Waals surface area contributed by atoms with Crippen LogP contribution >= 0.6 is 0 Å². The highest BCUT2D eigenvalue weighted by Gasteiger charge is 2.39. The summed E-state index contributed by atoms with van der Waals surface area (Å²) in [6.45, 7) is 3.57. The summed E-state index contributed by atoms with van der Waals surface area (Å²) in [6.07, 6.45) is 1.69. The third kappa shape index (κ3) is 2.23. The van der Waals surface area contributed by atoms with Crippen molar-refractivity contribution < 1.29 is 9.59 Å². The molecule has 0 bridgehead atoms. The maximum absolute atomic E-state index is 11.8. The van der Waals surface area contributed by atoms with Crippen LogP contribution < -0.4 is 10.2 Å². The van der Waals surface area contributed by atoms with Gasteiger partial charge >= 0.3 is 0 Å². The van der Waals surface area contributed by atoms with Crippen LogP contribution in [0.15, 0.2) is 24.3 Å². The van der Waals surface area contributed by atoms with Gasteiger partial charge < -0.3 is 10.2 Å². The first-order valence-corrected chi connectivity index (χ1v) is 6.11. The highest BCUT2D eigenvalue weighted by molar-refractivity contribution is 5.83. The lowest BCUT2D eigenvalue weighted by atomic mass is 9.89. The molecule has 0 spiro atoms. The first-order valence-electron chi connectivity index (χ1n) is 6.11.